The van der Waals surface area contributed by atoms with Crippen LogP contribution in [0.1, 0.15) is 36.6 Å². The van der Waals surface area contributed by atoms with Crippen molar-refractivity contribution in [1.29, 1.82) is 0 Å². The zero-order valence-corrected chi connectivity index (χ0v) is 18.1. The largest absolute Gasteiger partial charge is 0.458 e. The molecule has 0 atom stereocenters. The summed E-state index contributed by atoms with van der Waals surface area (Å²) in [6.45, 7) is 8.62. The van der Waals surface area contributed by atoms with Crippen LogP contribution in [0.2, 0.25) is 0 Å². The third-order valence-corrected chi connectivity index (χ3v) is 4.73. The summed E-state index contributed by atoms with van der Waals surface area (Å²) in [4.78, 5) is 35.7. The van der Waals surface area contributed by atoms with Crippen LogP contribution in [0.25, 0.3) is 0 Å². The maximum atomic E-state index is 12.5. The van der Waals surface area contributed by atoms with Gasteiger partial charge in [-0.05, 0) is 91.4 Å². The first-order valence-electron chi connectivity index (χ1n) is 10.0. The van der Waals surface area contributed by atoms with Crippen LogP contribution in [0.15, 0.2) is 92.0 Å². The highest BCUT2D eigenvalue weighted by Crippen LogP contribution is 2.21. The first-order valence-corrected chi connectivity index (χ1v) is 10.0. The summed E-state index contributed by atoms with van der Waals surface area (Å²) in [6.07, 6.45) is 2.48. The van der Waals surface area contributed by atoms with Gasteiger partial charge in [0.1, 0.15) is 17.2 Å². The molecule has 0 aliphatic carbocycles. The highest BCUT2D eigenvalue weighted by atomic mass is 16.7. The molecule has 0 N–H and O–H groups in total. The Hall–Kier alpha value is -4.45. The van der Waals surface area contributed by atoms with Crippen molar-refractivity contribution in [2.45, 2.75) is 6.92 Å². The second-order valence-electron chi connectivity index (χ2n) is 6.96. The lowest BCUT2D eigenvalue weighted by atomic mass is 10.1. The first kappa shape index (κ1) is 23.2. The fourth-order valence-corrected chi connectivity index (χ4v) is 2.92. The van der Waals surface area contributed by atoms with Crippen molar-refractivity contribution in [2.24, 2.45) is 0 Å². The van der Waals surface area contributed by atoms with E-state index < -0.39 is 5.97 Å². The van der Waals surface area contributed by atoms with Gasteiger partial charge in [-0.2, -0.15) is 0 Å². The molecule has 0 heterocycles. The van der Waals surface area contributed by atoms with E-state index in [1.807, 2.05) is 0 Å². The van der Waals surface area contributed by atoms with Crippen LogP contribution in [-0.2, 0) is 0 Å². The average molecular weight is 442 g/mol. The molecule has 0 amide bonds. The molecule has 3 rings (SSSR count). The van der Waals surface area contributed by atoms with Crippen LogP contribution in [0, 0.1) is 6.92 Å². The molecule has 6 nitrogen and oxygen atoms in total. The predicted molar refractivity (Wildman–Crippen MR) is 124 cm³/mol. The predicted octanol–water partition coefficient (Wildman–Crippen LogP) is 5.37. The Bertz CT molecular complexity index is 1190. The van der Waals surface area contributed by atoms with Gasteiger partial charge in [0.05, 0.1) is 5.56 Å². The standard InChI is InChI=1S/C27H22O6/c1-4-25(28)19-6-10-21(11-7-19)31-17-32-23-14-15-24(18(3)16-23)27(30)33-22-12-8-20(9-13-22)26(29)5-2/h4-16H,1-2,17H2,3H3. The van der Waals surface area contributed by atoms with E-state index >= 15 is 0 Å². The van der Waals surface area contributed by atoms with E-state index in [0.29, 0.717) is 39.5 Å². The Morgan fingerprint density at radius 2 is 1.21 bits per heavy atom. The Balaban J connectivity index is 1.56. The molecule has 0 bridgehead atoms. The van der Waals surface area contributed by atoms with Crippen molar-refractivity contribution in [1.82, 2.24) is 0 Å². The number of esters is 1. The molecule has 0 unspecified atom stereocenters. The maximum absolute atomic E-state index is 12.5. The van der Waals surface area contributed by atoms with Gasteiger partial charge >= 0.3 is 5.97 Å². The minimum atomic E-state index is -0.521. The zero-order valence-electron chi connectivity index (χ0n) is 18.1. The van der Waals surface area contributed by atoms with E-state index in [-0.39, 0.29) is 18.4 Å². The topological polar surface area (TPSA) is 78.9 Å². The third-order valence-electron chi connectivity index (χ3n) is 4.73. The summed E-state index contributed by atoms with van der Waals surface area (Å²) in [7, 11) is 0. The fraction of sp³-hybridized carbons (Fsp3) is 0.0741. The minimum absolute atomic E-state index is 0.0479. The second kappa shape index (κ2) is 10.7. The molecular formula is C27H22O6. The number of ketones is 2. The fourth-order valence-electron chi connectivity index (χ4n) is 2.92. The minimum Gasteiger partial charge on any atom is -0.458 e. The van der Waals surface area contributed by atoms with E-state index in [4.69, 9.17) is 14.2 Å². The molecule has 6 heteroatoms. The average Bonchev–Trinajstić information content (AvgIpc) is 2.84. The van der Waals surface area contributed by atoms with Gasteiger partial charge in [-0.3, -0.25) is 9.59 Å². The molecule has 166 valence electrons. The highest BCUT2D eigenvalue weighted by molar-refractivity contribution is 6.04. The Labute approximate surface area is 191 Å². The molecule has 0 saturated heterocycles. The van der Waals surface area contributed by atoms with Crippen LogP contribution < -0.4 is 14.2 Å². The number of aryl methyl sites for hydroxylation is 1. The quantitative estimate of drug-likeness (QED) is 0.138. The van der Waals surface area contributed by atoms with Gasteiger partial charge in [0.25, 0.3) is 0 Å². The molecular weight excluding hydrogens is 420 g/mol. The first-order chi connectivity index (χ1) is 15.9. The van der Waals surface area contributed by atoms with Crippen LogP contribution in [0.3, 0.4) is 0 Å². The van der Waals surface area contributed by atoms with E-state index in [2.05, 4.69) is 13.2 Å². The van der Waals surface area contributed by atoms with Gasteiger partial charge in [-0.25, -0.2) is 4.79 Å². The summed E-state index contributed by atoms with van der Waals surface area (Å²) >= 11 is 0. The normalized spacial score (nSPS) is 10.1. The van der Waals surface area contributed by atoms with E-state index in [9.17, 15) is 14.4 Å². The number of hydrogen-bond donors (Lipinski definition) is 0. The molecule has 0 saturated carbocycles. The van der Waals surface area contributed by atoms with Crippen molar-refractivity contribution in [2.75, 3.05) is 6.79 Å². The monoisotopic (exact) mass is 442 g/mol. The second-order valence-corrected chi connectivity index (χ2v) is 6.96. The lowest BCUT2D eigenvalue weighted by molar-refractivity contribution is 0.0733. The van der Waals surface area contributed by atoms with Crippen molar-refractivity contribution in [3.63, 3.8) is 0 Å². The van der Waals surface area contributed by atoms with Gasteiger partial charge in [-0.15, -0.1) is 0 Å². The van der Waals surface area contributed by atoms with Gasteiger partial charge in [0, 0.05) is 11.1 Å². The lowest BCUT2D eigenvalue weighted by Gasteiger charge is -2.11. The molecule has 0 aromatic heterocycles. The number of carbonyl (C=O) groups is 3. The van der Waals surface area contributed by atoms with Crippen molar-refractivity contribution in [3.8, 4) is 17.2 Å². The number of hydrogen-bond acceptors (Lipinski definition) is 6. The lowest BCUT2D eigenvalue weighted by Crippen LogP contribution is -2.11. The SMILES string of the molecule is C=CC(=O)c1ccc(OCOc2ccc(C(=O)Oc3ccc(C(=O)C=C)cc3)c(C)c2)cc1. The zero-order chi connectivity index (χ0) is 23.8. The smallest absolute Gasteiger partial charge is 0.343 e. The van der Waals surface area contributed by atoms with Gasteiger partial charge < -0.3 is 14.2 Å². The molecule has 33 heavy (non-hydrogen) atoms. The molecule has 0 radical (unpaired) electrons. The summed E-state index contributed by atoms with van der Waals surface area (Å²) in [5, 5.41) is 0. The number of allylic oxidation sites excluding steroid dienone is 2. The van der Waals surface area contributed by atoms with Crippen molar-refractivity contribution in [3.05, 3.63) is 114 Å². The highest BCUT2D eigenvalue weighted by Gasteiger charge is 2.13. The number of benzene rings is 3. The third kappa shape index (κ3) is 6.04. The van der Waals surface area contributed by atoms with Crippen LogP contribution in [0.4, 0.5) is 0 Å². The number of carbonyl (C=O) groups excluding carboxylic acids is 3. The molecule has 0 aliphatic heterocycles. The van der Waals surface area contributed by atoms with Crippen molar-refractivity contribution >= 4 is 17.5 Å². The van der Waals surface area contributed by atoms with Crippen LogP contribution in [0.5, 0.6) is 17.2 Å². The molecule has 0 fully saturated rings. The van der Waals surface area contributed by atoms with Crippen molar-refractivity contribution < 1.29 is 28.6 Å². The maximum Gasteiger partial charge on any atom is 0.343 e. The van der Waals surface area contributed by atoms with Crippen LogP contribution >= 0.6 is 0 Å². The summed E-state index contributed by atoms with van der Waals surface area (Å²) < 4.78 is 16.5. The molecule has 0 aliphatic rings. The molecule has 3 aromatic carbocycles. The van der Waals surface area contributed by atoms with Gasteiger partial charge in [0.15, 0.2) is 11.6 Å². The summed E-state index contributed by atoms with van der Waals surface area (Å²) in [5.74, 6) is 0.514. The molecule has 0 spiro atoms. The Morgan fingerprint density at radius 3 is 1.73 bits per heavy atom. The molecule has 3 aromatic rings. The Morgan fingerprint density at radius 1 is 0.727 bits per heavy atom. The van der Waals surface area contributed by atoms with Gasteiger partial charge in [-0.1, -0.05) is 13.2 Å². The Kier molecular flexibility index (Phi) is 7.55. The number of rotatable bonds is 10. The van der Waals surface area contributed by atoms with Gasteiger partial charge in [0.2, 0.25) is 6.79 Å². The van der Waals surface area contributed by atoms with E-state index in [1.54, 1.807) is 73.7 Å². The van der Waals surface area contributed by atoms with E-state index in [0.717, 1.165) is 0 Å². The summed E-state index contributed by atoms with van der Waals surface area (Å²) in [5.41, 5.74) is 2.05. The number of ether oxygens (including phenoxy) is 3. The van der Waals surface area contributed by atoms with E-state index in [1.165, 1.54) is 12.2 Å². The summed E-state index contributed by atoms with van der Waals surface area (Å²) in [6, 6.07) is 17.8. The van der Waals surface area contributed by atoms with Crippen LogP contribution in [-0.4, -0.2) is 24.3 Å².